The Balaban J connectivity index is 1.71. The van der Waals surface area contributed by atoms with Gasteiger partial charge in [-0.2, -0.15) is 5.06 Å². The summed E-state index contributed by atoms with van der Waals surface area (Å²) in [5.41, 5.74) is 0.0593. The van der Waals surface area contributed by atoms with Crippen molar-refractivity contribution in [2.75, 3.05) is 24.5 Å². The SMILES string of the molecule is O=C1CN(C(=O)c2c(F)cc(N3CCC3)cc2F)C(c2cccc(Br)c2)N1O. The molecule has 6 nitrogen and oxygen atoms in total. The maximum Gasteiger partial charge on any atom is 0.267 e. The van der Waals surface area contributed by atoms with Gasteiger partial charge in [0.25, 0.3) is 11.8 Å². The number of anilines is 1. The van der Waals surface area contributed by atoms with Gasteiger partial charge >= 0.3 is 0 Å². The van der Waals surface area contributed by atoms with Gasteiger partial charge in [0.05, 0.1) is 0 Å². The van der Waals surface area contributed by atoms with E-state index >= 15 is 0 Å². The standard InChI is InChI=1S/C19H16BrF2N3O3/c20-12-4-1-3-11(7-12)18-24(10-16(26)25(18)28)19(27)17-14(21)8-13(9-15(17)22)23-5-2-6-23/h1,3-4,7-9,18,28H,2,5-6,10H2. The van der Waals surface area contributed by atoms with Crippen LogP contribution in [0.5, 0.6) is 0 Å². The van der Waals surface area contributed by atoms with Crippen LogP contribution in [0.4, 0.5) is 14.5 Å². The Morgan fingerprint density at radius 3 is 2.39 bits per heavy atom. The first-order chi connectivity index (χ1) is 13.4. The van der Waals surface area contributed by atoms with Crippen LogP contribution in [0, 0.1) is 11.6 Å². The van der Waals surface area contributed by atoms with Crippen molar-refractivity contribution in [3.8, 4) is 0 Å². The van der Waals surface area contributed by atoms with Gasteiger partial charge in [0.15, 0.2) is 6.17 Å². The molecule has 0 bridgehead atoms. The molecular weight excluding hydrogens is 436 g/mol. The topological polar surface area (TPSA) is 64.1 Å². The van der Waals surface area contributed by atoms with Crippen LogP contribution >= 0.6 is 15.9 Å². The van der Waals surface area contributed by atoms with E-state index in [-0.39, 0.29) is 0 Å². The lowest BCUT2D eigenvalue weighted by Crippen LogP contribution is -2.38. The first-order valence-electron chi connectivity index (χ1n) is 8.68. The lowest BCUT2D eigenvalue weighted by Gasteiger charge is -2.33. The Morgan fingerprint density at radius 1 is 1.14 bits per heavy atom. The van der Waals surface area contributed by atoms with Crippen molar-refractivity contribution in [3.05, 3.63) is 63.6 Å². The monoisotopic (exact) mass is 451 g/mol. The Labute approximate surface area is 168 Å². The number of benzene rings is 2. The molecule has 1 N–H and O–H groups in total. The molecule has 1 unspecified atom stereocenters. The molecule has 1 atom stereocenters. The van der Waals surface area contributed by atoms with E-state index in [4.69, 9.17) is 0 Å². The molecule has 2 aromatic rings. The predicted molar refractivity (Wildman–Crippen MR) is 99.7 cm³/mol. The van der Waals surface area contributed by atoms with Crippen LogP contribution < -0.4 is 4.90 Å². The van der Waals surface area contributed by atoms with Crippen LogP contribution in [-0.2, 0) is 4.79 Å². The zero-order valence-electron chi connectivity index (χ0n) is 14.6. The van der Waals surface area contributed by atoms with Gasteiger partial charge in [-0.25, -0.2) is 8.78 Å². The fraction of sp³-hybridized carbons (Fsp3) is 0.263. The molecule has 2 aliphatic heterocycles. The summed E-state index contributed by atoms with van der Waals surface area (Å²) in [6.07, 6.45) is -0.230. The van der Waals surface area contributed by atoms with E-state index in [2.05, 4.69) is 15.9 Å². The van der Waals surface area contributed by atoms with Gasteiger partial charge in [-0.05, 0) is 36.2 Å². The van der Waals surface area contributed by atoms with Crippen LogP contribution in [-0.4, -0.2) is 46.6 Å². The third-order valence-corrected chi connectivity index (χ3v) is 5.45. The predicted octanol–water partition coefficient (Wildman–Crippen LogP) is 3.31. The average molecular weight is 452 g/mol. The number of nitrogens with zero attached hydrogens (tertiary/aromatic N) is 3. The number of halogens is 3. The summed E-state index contributed by atoms with van der Waals surface area (Å²) < 4.78 is 29.9. The van der Waals surface area contributed by atoms with Crippen LogP contribution in [0.15, 0.2) is 40.9 Å². The summed E-state index contributed by atoms with van der Waals surface area (Å²) in [5, 5.41) is 10.6. The Kier molecular flexibility index (Phi) is 4.80. The molecule has 0 saturated carbocycles. The van der Waals surface area contributed by atoms with Crippen molar-refractivity contribution in [1.82, 2.24) is 9.96 Å². The number of hydroxylamine groups is 2. The average Bonchev–Trinajstić information content (AvgIpc) is 2.88. The van der Waals surface area contributed by atoms with Gasteiger partial charge in [0.2, 0.25) is 0 Å². The summed E-state index contributed by atoms with van der Waals surface area (Å²) in [4.78, 5) is 27.7. The van der Waals surface area contributed by atoms with Gasteiger partial charge in [0, 0.05) is 23.2 Å². The third kappa shape index (κ3) is 3.14. The van der Waals surface area contributed by atoms with Crippen molar-refractivity contribution in [2.45, 2.75) is 12.6 Å². The normalized spacial score (nSPS) is 19.2. The molecule has 2 amide bonds. The fourth-order valence-corrected chi connectivity index (χ4v) is 3.83. The molecule has 2 aliphatic rings. The van der Waals surface area contributed by atoms with E-state index in [0.29, 0.717) is 33.9 Å². The van der Waals surface area contributed by atoms with Crippen molar-refractivity contribution < 1.29 is 23.6 Å². The van der Waals surface area contributed by atoms with Gasteiger partial charge in [0.1, 0.15) is 23.7 Å². The van der Waals surface area contributed by atoms with E-state index in [1.165, 1.54) is 0 Å². The molecule has 0 radical (unpaired) electrons. The van der Waals surface area contributed by atoms with Crippen LogP contribution in [0.1, 0.15) is 28.5 Å². The lowest BCUT2D eigenvalue weighted by molar-refractivity contribution is -0.168. The molecule has 9 heteroatoms. The summed E-state index contributed by atoms with van der Waals surface area (Å²) in [6, 6.07) is 8.88. The van der Waals surface area contributed by atoms with Gasteiger partial charge in [-0.1, -0.05) is 28.1 Å². The number of amides is 2. The second kappa shape index (κ2) is 7.14. The highest BCUT2D eigenvalue weighted by atomic mass is 79.9. The number of hydrogen-bond acceptors (Lipinski definition) is 4. The van der Waals surface area contributed by atoms with Crippen LogP contribution in [0.3, 0.4) is 0 Å². The zero-order chi connectivity index (χ0) is 20.0. The third-order valence-electron chi connectivity index (χ3n) is 4.96. The van der Waals surface area contributed by atoms with E-state index in [0.717, 1.165) is 23.5 Å². The van der Waals surface area contributed by atoms with Crippen molar-refractivity contribution in [2.24, 2.45) is 0 Å². The molecule has 0 spiro atoms. The highest BCUT2D eigenvalue weighted by Crippen LogP contribution is 2.34. The molecule has 4 rings (SSSR count). The van der Waals surface area contributed by atoms with Crippen molar-refractivity contribution in [3.63, 3.8) is 0 Å². The molecular formula is C19H16BrF2N3O3. The zero-order valence-corrected chi connectivity index (χ0v) is 16.2. The van der Waals surface area contributed by atoms with E-state index in [9.17, 15) is 23.6 Å². The molecule has 0 aromatic heterocycles. The summed E-state index contributed by atoms with van der Waals surface area (Å²) in [7, 11) is 0. The molecule has 2 fully saturated rings. The number of carbonyl (C=O) groups excluding carboxylic acids is 2. The van der Waals surface area contributed by atoms with Gasteiger partial charge in [-0.15, -0.1) is 0 Å². The van der Waals surface area contributed by atoms with E-state index in [1.807, 2.05) is 0 Å². The number of hydrogen-bond donors (Lipinski definition) is 1. The minimum atomic E-state index is -1.17. The Hall–Kier alpha value is -2.52. The number of rotatable bonds is 3. The van der Waals surface area contributed by atoms with Crippen molar-refractivity contribution >= 4 is 33.4 Å². The molecule has 2 saturated heterocycles. The van der Waals surface area contributed by atoms with Crippen LogP contribution in [0.25, 0.3) is 0 Å². The highest BCUT2D eigenvalue weighted by molar-refractivity contribution is 9.10. The largest absolute Gasteiger partial charge is 0.371 e. The molecule has 28 heavy (non-hydrogen) atoms. The van der Waals surface area contributed by atoms with Gasteiger partial charge < -0.3 is 9.80 Å². The lowest BCUT2D eigenvalue weighted by atomic mass is 10.1. The highest BCUT2D eigenvalue weighted by Gasteiger charge is 2.43. The molecule has 146 valence electrons. The van der Waals surface area contributed by atoms with Crippen LogP contribution in [0.2, 0.25) is 0 Å². The second-order valence-corrected chi connectivity index (χ2v) is 7.64. The quantitative estimate of drug-likeness (QED) is 0.727. The summed E-state index contributed by atoms with van der Waals surface area (Å²) in [6.45, 7) is 0.924. The minimum absolute atomic E-state index is 0.377. The Bertz CT molecular complexity index is 944. The fourth-order valence-electron chi connectivity index (χ4n) is 3.41. The molecule has 2 aromatic carbocycles. The van der Waals surface area contributed by atoms with Gasteiger partial charge in [-0.3, -0.25) is 14.8 Å². The smallest absolute Gasteiger partial charge is 0.267 e. The first-order valence-corrected chi connectivity index (χ1v) is 9.47. The minimum Gasteiger partial charge on any atom is -0.371 e. The molecule has 0 aliphatic carbocycles. The first kappa shape index (κ1) is 18.8. The van der Waals surface area contributed by atoms with E-state index < -0.39 is 41.7 Å². The van der Waals surface area contributed by atoms with E-state index in [1.54, 1.807) is 29.2 Å². The van der Waals surface area contributed by atoms with Crippen molar-refractivity contribution in [1.29, 1.82) is 0 Å². The maximum absolute atomic E-state index is 14.6. The maximum atomic E-state index is 14.6. The number of carbonyl (C=O) groups is 2. The summed E-state index contributed by atoms with van der Waals surface area (Å²) >= 11 is 3.29. The Morgan fingerprint density at radius 2 is 1.82 bits per heavy atom. The summed E-state index contributed by atoms with van der Waals surface area (Å²) in [5.74, 6) is -3.73. The molecule has 2 heterocycles. The second-order valence-electron chi connectivity index (χ2n) is 6.73.